The minimum Gasteiger partial charge on any atom is -0.348 e. The van der Waals surface area contributed by atoms with Crippen LogP contribution < -0.4 is 0 Å². The second kappa shape index (κ2) is 6.14. The van der Waals surface area contributed by atoms with E-state index >= 15 is 0 Å². The molecule has 2 aliphatic heterocycles. The topological polar surface area (TPSA) is 54.0 Å². The first-order chi connectivity index (χ1) is 14.9. The van der Waals surface area contributed by atoms with Gasteiger partial charge in [0.2, 0.25) is 0 Å². The summed E-state index contributed by atoms with van der Waals surface area (Å²) >= 11 is 0. The first kappa shape index (κ1) is 19.9. The van der Waals surface area contributed by atoms with Crippen molar-refractivity contribution < 1.29 is 23.7 Å². The number of ether oxygens (including phenoxy) is 4. The Labute approximate surface area is 185 Å². The zero-order valence-electron chi connectivity index (χ0n) is 19.3. The molecule has 5 aliphatic carbocycles. The maximum atomic E-state index is 14.0. The van der Waals surface area contributed by atoms with Crippen molar-refractivity contribution in [2.75, 3.05) is 26.4 Å². The number of Topliss-reactive ketones (excluding diaryl/α,β-unsaturated/α-hetero) is 1. The molecule has 5 heteroatoms. The van der Waals surface area contributed by atoms with E-state index in [1.54, 1.807) is 0 Å². The lowest BCUT2D eigenvalue weighted by Gasteiger charge is -2.59. The molecule has 0 unspecified atom stereocenters. The predicted octanol–water partition coefficient (Wildman–Crippen LogP) is 4.47. The predicted molar refractivity (Wildman–Crippen MR) is 113 cm³/mol. The van der Waals surface area contributed by atoms with Crippen LogP contribution in [0.2, 0.25) is 0 Å². The third-order valence-electron chi connectivity index (χ3n) is 11.5. The van der Waals surface area contributed by atoms with Crippen molar-refractivity contribution in [2.24, 2.45) is 39.9 Å². The van der Waals surface area contributed by atoms with E-state index in [0.29, 0.717) is 42.7 Å². The smallest absolute Gasteiger partial charge is 0.168 e. The van der Waals surface area contributed by atoms with E-state index in [-0.39, 0.29) is 22.0 Å². The largest absolute Gasteiger partial charge is 0.348 e. The molecule has 0 N–H and O–H groups in total. The van der Waals surface area contributed by atoms with E-state index < -0.39 is 5.79 Å². The molecule has 0 radical (unpaired) electrons. The van der Waals surface area contributed by atoms with Crippen molar-refractivity contribution in [1.82, 2.24) is 0 Å². The second-order valence-corrected chi connectivity index (χ2v) is 12.5. The molecule has 172 valence electrons. The van der Waals surface area contributed by atoms with Crippen LogP contribution in [0.15, 0.2) is 0 Å². The van der Waals surface area contributed by atoms with Gasteiger partial charge in [0.25, 0.3) is 0 Å². The van der Waals surface area contributed by atoms with E-state index in [2.05, 4.69) is 13.8 Å². The summed E-state index contributed by atoms with van der Waals surface area (Å²) in [6.45, 7) is 7.44. The molecule has 5 nitrogen and oxygen atoms in total. The molecule has 2 heterocycles. The van der Waals surface area contributed by atoms with Crippen LogP contribution in [-0.4, -0.2) is 43.8 Å². The Morgan fingerprint density at radius 2 is 1.45 bits per heavy atom. The van der Waals surface area contributed by atoms with Crippen molar-refractivity contribution >= 4 is 5.78 Å². The van der Waals surface area contributed by atoms with Gasteiger partial charge in [0.15, 0.2) is 11.6 Å². The number of carbonyl (C=O) groups is 1. The van der Waals surface area contributed by atoms with Crippen molar-refractivity contribution in [1.29, 1.82) is 0 Å². The fraction of sp³-hybridized carbons (Fsp3) is 0.962. The van der Waals surface area contributed by atoms with E-state index in [0.717, 1.165) is 51.7 Å². The van der Waals surface area contributed by atoms with Crippen molar-refractivity contribution in [3.05, 3.63) is 0 Å². The highest BCUT2D eigenvalue weighted by atomic mass is 16.7. The average molecular weight is 431 g/mol. The Hall–Kier alpha value is -0.490. The maximum absolute atomic E-state index is 14.0. The first-order valence-corrected chi connectivity index (χ1v) is 12.9. The molecule has 0 aromatic rings. The van der Waals surface area contributed by atoms with Gasteiger partial charge in [-0.05, 0) is 80.5 Å². The normalized spacial score (nSPS) is 54.1. The fourth-order valence-electron chi connectivity index (χ4n) is 10.1. The monoisotopic (exact) mass is 430 g/mol. The molecule has 0 amide bonds. The number of rotatable bonds is 1. The van der Waals surface area contributed by atoms with E-state index in [4.69, 9.17) is 18.9 Å². The molecule has 7 aliphatic rings. The molecule has 2 saturated heterocycles. The van der Waals surface area contributed by atoms with E-state index in [1.165, 1.54) is 25.7 Å². The molecule has 0 bridgehead atoms. The Morgan fingerprint density at radius 3 is 2.23 bits per heavy atom. The molecule has 5 saturated carbocycles. The van der Waals surface area contributed by atoms with Crippen LogP contribution >= 0.6 is 0 Å². The van der Waals surface area contributed by atoms with Crippen molar-refractivity contribution in [3.8, 4) is 0 Å². The summed E-state index contributed by atoms with van der Waals surface area (Å²) in [5, 5.41) is 0. The van der Waals surface area contributed by atoms with Crippen molar-refractivity contribution in [3.63, 3.8) is 0 Å². The van der Waals surface area contributed by atoms with Gasteiger partial charge in [0.05, 0.1) is 26.4 Å². The van der Waals surface area contributed by atoms with Crippen LogP contribution in [0, 0.1) is 39.9 Å². The summed E-state index contributed by atoms with van der Waals surface area (Å²) in [7, 11) is 0. The molecule has 31 heavy (non-hydrogen) atoms. The standard InChI is InChI=1S/C26H38O5/c1-22-13-17(23(2)28-9-10-29-23)3-5-19(22)20-6-4-18-14-25(30-11-12-31-25)8-7-24(18)16-26(20,24)21(27)15-22/h17-20H,3-16H2,1-2H3/t17-,18+,19+,20-,22+,24+,26-/m1/s1. The molecule has 3 spiro atoms. The molecular weight excluding hydrogens is 392 g/mol. The van der Waals surface area contributed by atoms with Gasteiger partial charge in [-0.3, -0.25) is 4.79 Å². The van der Waals surface area contributed by atoms with Gasteiger partial charge in [0, 0.05) is 30.6 Å². The zero-order chi connectivity index (χ0) is 21.1. The highest BCUT2D eigenvalue weighted by molar-refractivity contribution is 5.91. The van der Waals surface area contributed by atoms with Crippen LogP contribution in [-0.2, 0) is 23.7 Å². The minimum atomic E-state index is -0.441. The Kier molecular flexibility index (Phi) is 3.95. The quantitative estimate of drug-likeness (QED) is 0.614. The summed E-state index contributed by atoms with van der Waals surface area (Å²) < 4.78 is 24.3. The molecule has 0 aromatic heterocycles. The van der Waals surface area contributed by atoms with Gasteiger partial charge in [0.1, 0.15) is 5.78 Å². The third-order valence-corrected chi connectivity index (χ3v) is 11.5. The van der Waals surface area contributed by atoms with Gasteiger partial charge >= 0.3 is 0 Å². The molecule has 0 aromatic carbocycles. The second-order valence-electron chi connectivity index (χ2n) is 12.5. The van der Waals surface area contributed by atoms with Gasteiger partial charge in [-0.2, -0.15) is 0 Å². The number of ketones is 1. The zero-order valence-corrected chi connectivity index (χ0v) is 19.3. The van der Waals surface area contributed by atoms with Crippen LogP contribution in [0.4, 0.5) is 0 Å². The Balaban J connectivity index is 1.16. The Morgan fingerprint density at radius 1 is 0.774 bits per heavy atom. The molecular formula is C26H38O5. The van der Waals surface area contributed by atoms with Gasteiger partial charge in [-0.25, -0.2) is 0 Å². The summed E-state index contributed by atoms with van der Waals surface area (Å²) in [6.07, 6.45) is 11.0. The summed E-state index contributed by atoms with van der Waals surface area (Å²) in [6, 6.07) is 0. The average Bonchev–Trinajstić information content (AvgIpc) is 2.99. The van der Waals surface area contributed by atoms with Gasteiger partial charge < -0.3 is 18.9 Å². The first-order valence-electron chi connectivity index (χ1n) is 12.9. The highest BCUT2D eigenvalue weighted by Gasteiger charge is 2.82. The summed E-state index contributed by atoms with van der Waals surface area (Å²) in [4.78, 5) is 14.0. The lowest BCUT2D eigenvalue weighted by atomic mass is 9.45. The lowest BCUT2D eigenvalue weighted by Crippen LogP contribution is -2.57. The van der Waals surface area contributed by atoms with Gasteiger partial charge in [-0.15, -0.1) is 0 Å². The van der Waals surface area contributed by atoms with Crippen LogP contribution in [0.1, 0.15) is 78.1 Å². The Bertz CT molecular complexity index is 798. The molecule has 7 atom stereocenters. The molecule has 7 rings (SSSR count). The van der Waals surface area contributed by atoms with Crippen molar-refractivity contribution in [2.45, 2.75) is 89.6 Å². The summed E-state index contributed by atoms with van der Waals surface area (Å²) in [5.74, 6) is 2.13. The number of hydrogen-bond donors (Lipinski definition) is 0. The SMILES string of the molecule is CC1([C@@H]2CC[C@H]3[C@H]4CC[C@H]5CC6(CC[C@]57C[C@]47C(=O)C[C@]3(C)C2)OCCO6)OCCO1. The molecule has 7 fully saturated rings. The third kappa shape index (κ3) is 2.40. The lowest BCUT2D eigenvalue weighted by molar-refractivity contribution is -0.220. The number of fused-ring (bicyclic) bond motifs is 2. The maximum Gasteiger partial charge on any atom is 0.168 e. The van der Waals surface area contributed by atoms with E-state index in [1.807, 2.05) is 0 Å². The fourth-order valence-corrected chi connectivity index (χ4v) is 10.1. The summed E-state index contributed by atoms with van der Waals surface area (Å²) in [5.41, 5.74) is 0.352. The minimum absolute atomic E-state index is 0.0165. The van der Waals surface area contributed by atoms with Gasteiger partial charge in [-0.1, -0.05) is 6.92 Å². The number of carbonyl (C=O) groups excluding carboxylic acids is 1. The van der Waals surface area contributed by atoms with Crippen LogP contribution in [0.3, 0.4) is 0 Å². The van der Waals surface area contributed by atoms with Crippen LogP contribution in [0.5, 0.6) is 0 Å². The van der Waals surface area contributed by atoms with Crippen LogP contribution in [0.25, 0.3) is 0 Å². The van der Waals surface area contributed by atoms with E-state index in [9.17, 15) is 4.79 Å². The highest BCUT2D eigenvalue weighted by Crippen LogP contribution is 2.84. The number of hydrogen-bond acceptors (Lipinski definition) is 5.